The molecule has 0 aliphatic heterocycles. The molecule has 4 nitrogen and oxygen atoms in total. The highest BCUT2D eigenvalue weighted by atomic mass is 19.4. The fourth-order valence-electron chi connectivity index (χ4n) is 1.54. The quantitative estimate of drug-likeness (QED) is 0.905. The van der Waals surface area contributed by atoms with Crippen molar-refractivity contribution in [3.63, 3.8) is 0 Å². The van der Waals surface area contributed by atoms with Crippen LogP contribution in [0.5, 0.6) is 0 Å². The molecule has 0 radical (unpaired) electrons. The summed E-state index contributed by atoms with van der Waals surface area (Å²) in [5, 5.41) is 3.80. The van der Waals surface area contributed by atoms with E-state index in [2.05, 4.69) is 5.10 Å². The highest BCUT2D eigenvalue weighted by Gasteiger charge is 2.29. The highest BCUT2D eigenvalue weighted by molar-refractivity contribution is 5.31. The summed E-state index contributed by atoms with van der Waals surface area (Å²) in [5.41, 5.74) is 5.05. The van der Waals surface area contributed by atoms with Gasteiger partial charge in [0, 0.05) is 6.07 Å². The first-order chi connectivity index (χ1) is 8.86. The first-order valence-electron chi connectivity index (χ1n) is 5.35. The minimum absolute atomic E-state index is 0.0945. The fraction of sp³-hybridized carbons (Fsp3) is 0.167. The summed E-state index contributed by atoms with van der Waals surface area (Å²) in [6, 6.07) is 5.77. The van der Waals surface area contributed by atoms with Crippen molar-refractivity contribution in [2.75, 3.05) is 5.73 Å². The van der Waals surface area contributed by atoms with Gasteiger partial charge in [0.05, 0.1) is 24.0 Å². The van der Waals surface area contributed by atoms with Crippen LogP contribution in [0.3, 0.4) is 0 Å². The van der Waals surface area contributed by atoms with Gasteiger partial charge >= 0.3 is 6.18 Å². The number of anilines is 1. The Morgan fingerprint density at radius 1 is 1.21 bits per heavy atom. The number of hydrogen-bond donors (Lipinski definition) is 1. The van der Waals surface area contributed by atoms with E-state index in [4.69, 9.17) is 5.73 Å². The Balaban J connectivity index is 2.22. The number of nitrogens with two attached hydrogens (primary N) is 1. The van der Waals surface area contributed by atoms with E-state index in [-0.39, 0.29) is 12.2 Å². The van der Waals surface area contributed by atoms with Gasteiger partial charge in [-0.1, -0.05) is 12.1 Å². The maximum absolute atomic E-state index is 12.4. The van der Waals surface area contributed by atoms with Crippen molar-refractivity contribution in [2.24, 2.45) is 0 Å². The molecule has 0 bridgehead atoms. The molecule has 2 aromatic rings. The molecule has 0 spiro atoms. The summed E-state index contributed by atoms with van der Waals surface area (Å²) in [5.74, 6) is 0. The van der Waals surface area contributed by atoms with Gasteiger partial charge in [-0.25, -0.2) is 4.68 Å². The molecular weight excluding hydrogens is 259 g/mol. The second kappa shape index (κ2) is 4.75. The number of aromatic nitrogens is 2. The summed E-state index contributed by atoms with van der Waals surface area (Å²) in [7, 11) is 0. The van der Waals surface area contributed by atoms with Crippen LogP contribution < -0.4 is 11.3 Å². The fourth-order valence-corrected chi connectivity index (χ4v) is 1.54. The first-order valence-corrected chi connectivity index (χ1v) is 5.35. The summed E-state index contributed by atoms with van der Waals surface area (Å²) in [4.78, 5) is 11.5. The van der Waals surface area contributed by atoms with Crippen LogP contribution >= 0.6 is 0 Å². The standard InChI is InChI=1S/C12H10F3N3O/c13-12(14,15)9-3-1-8(2-4-9)7-18-11(19)5-10(16)6-17-18/h1-6H,7,16H2. The maximum Gasteiger partial charge on any atom is 0.416 e. The molecule has 0 saturated heterocycles. The van der Waals surface area contributed by atoms with Crippen molar-refractivity contribution in [3.05, 3.63) is 58.0 Å². The van der Waals surface area contributed by atoms with E-state index in [0.717, 1.165) is 16.8 Å². The van der Waals surface area contributed by atoms with E-state index in [1.165, 1.54) is 24.4 Å². The normalized spacial score (nSPS) is 11.5. The van der Waals surface area contributed by atoms with Crippen LogP contribution in [0.4, 0.5) is 18.9 Å². The third-order valence-corrected chi connectivity index (χ3v) is 2.50. The highest BCUT2D eigenvalue weighted by Crippen LogP contribution is 2.29. The van der Waals surface area contributed by atoms with Crippen LogP contribution in [0.15, 0.2) is 41.3 Å². The molecule has 0 fully saturated rings. The van der Waals surface area contributed by atoms with Crippen molar-refractivity contribution >= 4 is 5.69 Å². The van der Waals surface area contributed by atoms with Gasteiger partial charge in [0.15, 0.2) is 0 Å². The van der Waals surface area contributed by atoms with Gasteiger partial charge < -0.3 is 5.73 Å². The van der Waals surface area contributed by atoms with E-state index < -0.39 is 17.3 Å². The maximum atomic E-state index is 12.4. The molecule has 19 heavy (non-hydrogen) atoms. The van der Waals surface area contributed by atoms with Crippen molar-refractivity contribution in [3.8, 4) is 0 Å². The largest absolute Gasteiger partial charge is 0.416 e. The van der Waals surface area contributed by atoms with Gasteiger partial charge in [0.2, 0.25) is 0 Å². The molecule has 0 aliphatic rings. The van der Waals surface area contributed by atoms with Crippen molar-refractivity contribution < 1.29 is 13.2 Å². The Kier molecular flexibility index (Phi) is 3.28. The predicted octanol–water partition coefficient (Wildman–Crippen LogP) is 1.89. The summed E-state index contributed by atoms with van der Waals surface area (Å²) < 4.78 is 38.2. The first kappa shape index (κ1) is 13.1. The molecule has 0 aliphatic carbocycles. The van der Waals surface area contributed by atoms with E-state index in [1.807, 2.05) is 0 Å². The number of nitrogen functional groups attached to an aromatic ring is 1. The van der Waals surface area contributed by atoms with Crippen LogP contribution in [-0.4, -0.2) is 9.78 Å². The van der Waals surface area contributed by atoms with Crippen LogP contribution in [0.1, 0.15) is 11.1 Å². The molecule has 100 valence electrons. The van der Waals surface area contributed by atoms with E-state index in [1.54, 1.807) is 0 Å². The number of halogens is 3. The zero-order valence-electron chi connectivity index (χ0n) is 9.69. The van der Waals surface area contributed by atoms with Gasteiger partial charge in [-0.15, -0.1) is 0 Å². The van der Waals surface area contributed by atoms with Crippen LogP contribution in [0.25, 0.3) is 0 Å². The number of hydrogen-bond acceptors (Lipinski definition) is 3. The SMILES string of the molecule is Nc1cnn(Cc2ccc(C(F)(F)F)cc2)c(=O)c1. The minimum Gasteiger partial charge on any atom is -0.397 e. The van der Waals surface area contributed by atoms with E-state index in [0.29, 0.717) is 5.56 Å². The Labute approximate surface area is 106 Å². The summed E-state index contributed by atoms with van der Waals surface area (Å²) in [6.45, 7) is 0.0945. The predicted molar refractivity (Wildman–Crippen MR) is 63.5 cm³/mol. The lowest BCUT2D eigenvalue weighted by molar-refractivity contribution is -0.137. The van der Waals surface area contributed by atoms with Gasteiger partial charge in [-0.05, 0) is 17.7 Å². The lowest BCUT2D eigenvalue weighted by atomic mass is 10.1. The molecule has 0 unspecified atom stereocenters. The summed E-state index contributed by atoms with van der Waals surface area (Å²) >= 11 is 0. The molecule has 1 aromatic carbocycles. The second-order valence-corrected chi connectivity index (χ2v) is 3.98. The topological polar surface area (TPSA) is 60.9 Å². The smallest absolute Gasteiger partial charge is 0.397 e. The molecular formula is C12H10F3N3O. The van der Waals surface area contributed by atoms with Gasteiger partial charge in [-0.3, -0.25) is 4.79 Å². The van der Waals surface area contributed by atoms with Crippen LogP contribution in [0, 0.1) is 0 Å². The minimum atomic E-state index is -4.37. The molecule has 1 heterocycles. The molecule has 0 atom stereocenters. The Morgan fingerprint density at radius 2 is 1.84 bits per heavy atom. The lowest BCUT2D eigenvalue weighted by Crippen LogP contribution is -2.22. The van der Waals surface area contributed by atoms with Crippen molar-refractivity contribution in [1.82, 2.24) is 9.78 Å². The number of rotatable bonds is 2. The van der Waals surface area contributed by atoms with Crippen LogP contribution in [0.2, 0.25) is 0 Å². The van der Waals surface area contributed by atoms with Gasteiger partial charge in [0.1, 0.15) is 0 Å². The zero-order valence-corrected chi connectivity index (χ0v) is 9.69. The molecule has 1 aromatic heterocycles. The average Bonchev–Trinajstić information content (AvgIpc) is 2.32. The number of nitrogens with zero attached hydrogens (tertiary/aromatic N) is 2. The van der Waals surface area contributed by atoms with Crippen molar-refractivity contribution in [1.29, 1.82) is 0 Å². The van der Waals surface area contributed by atoms with E-state index >= 15 is 0 Å². The van der Waals surface area contributed by atoms with Gasteiger partial charge in [0.25, 0.3) is 5.56 Å². The molecule has 0 saturated carbocycles. The van der Waals surface area contributed by atoms with Gasteiger partial charge in [-0.2, -0.15) is 18.3 Å². The molecule has 2 N–H and O–H groups in total. The molecule has 7 heteroatoms. The molecule has 0 amide bonds. The number of benzene rings is 1. The van der Waals surface area contributed by atoms with E-state index in [9.17, 15) is 18.0 Å². The summed E-state index contributed by atoms with van der Waals surface area (Å²) in [6.07, 6.45) is -3.06. The molecule has 2 rings (SSSR count). The third kappa shape index (κ3) is 3.12. The Bertz CT molecular complexity index is 632. The average molecular weight is 269 g/mol. The monoisotopic (exact) mass is 269 g/mol. The Morgan fingerprint density at radius 3 is 2.37 bits per heavy atom. The Hall–Kier alpha value is -2.31. The van der Waals surface area contributed by atoms with Crippen LogP contribution in [-0.2, 0) is 12.7 Å². The zero-order chi connectivity index (χ0) is 14.0. The van der Waals surface area contributed by atoms with Crippen molar-refractivity contribution in [2.45, 2.75) is 12.7 Å². The number of alkyl halides is 3. The third-order valence-electron chi connectivity index (χ3n) is 2.50. The second-order valence-electron chi connectivity index (χ2n) is 3.98. The lowest BCUT2D eigenvalue weighted by Gasteiger charge is -2.08.